The molecule has 7 heteroatoms. The van der Waals surface area contributed by atoms with Gasteiger partial charge in [-0.25, -0.2) is 0 Å². The van der Waals surface area contributed by atoms with Crippen LogP contribution in [0.15, 0.2) is 30.5 Å². The van der Waals surface area contributed by atoms with Crippen LogP contribution in [0.3, 0.4) is 0 Å². The Morgan fingerprint density at radius 2 is 2.17 bits per heavy atom. The summed E-state index contributed by atoms with van der Waals surface area (Å²) in [7, 11) is 0. The number of aromatic nitrogens is 2. The van der Waals surface area contributed by atoms with Crippen LogP contribution in [-0.4, -0.2) is 33.1 Å². The van der Waals surface area contributed by atoms with Crippen LogP contribution in [0.2, 0.25) is 0 Å². The molecule has 2 N–H and O–H groups in total. The molecule has 18 heavy (non-hydrogen) atoms. The number of benzene rings is 1. The number of ether oxygens (including phenoxy) is 1. The van der Waals surface area contributed by atoms with Gasteiger partial charge in [0.25, 0.3) is 0 Å². The highest BCUT2D eigenvalue weighted by atomic mass is 127. The van der Waals surface area contributed by atoms with E-state index in [9.17, 15) is 5.11 Å². The maximum atomic E-state index is 9.73. The second-order valence-electron chi connectivity index (χ2n) is 3.60. The molecular formula is C11H12IN3O2S. The van der Waals surface area contributed by atoms with E-state index in [-0.39, 0.29) is 6.61 Å². The number of nitrogens with one attached hydrogen (secondary N) is 1. The van der Waals surface area contributed by atoms with Gasteiger partial charge in [0.15, 0.2) is 0 Å². The van der Waals surface area contributed by atoms with Crippen molar-refractivity contribution < 1.29 is 9.84 Å². The minimum Gasteiger partial charge on any atom is -0.473 e. The van der Waals surface area contributed by atoms with Crippen LogP contribution in [0.5, 0.6) is 5.88 Å². The third-order valence-corrected chi connectivity index (χ3v) is 3.33. The van der Waals surface area contributed by atoms with E-state index in [4.69, 9.17) is 4.74 Å². The zero-order valence-electron chi connectivity index (χ0n) is 9.41. The fourth-order valence-corrected chi connectivity index (χ4v) is 1.99. The van der Waals surface area contributed by atoms with E-state index in [1.807, 2.05) is 24.3 Å². The fourth-order valence-electron chi connectivity index (χ4n) is 1.26. The Balaban J connectivity index is 1.71. The van der Waals surface area contributed by atoms with Crippen molar-refractivity contribution in [3.8, 4) is 5.88 Å². The van der Waals surface area contributed by atoms with E-state index in [0.717, 1.165) is 17.4 Å². The summed E-state index contributed by atoms with van der Waals surface area (Å²) in [6.07, 6.45) is 0.940. The molecule has 0 radical (unpaired) electrons. The van der Waals surface area contributed by atoms with E-state index in [1.54, 1.807) is 0 Å². The van der Waals surface area contributed by atoms with Gasteiger partial charge < -0.3 is 15.2 Å². The number of aliphatic hydroxyl groups is 1. The van der Waals surface area contributed by atoms with Crippen LogP contribution < -0.4 is 10.1 Å². The van der Waals surface area contributed by atoms with Crippen molar-refractivity contribution in [2.45, 2.75) is 6.10 Å². The molecule has 1 unspecified atom stereocenters. The summed E-state index contributed by atoms with van der Waals surface area (Å²) in [6, 6.07) is 7.96. The molecule has 5 nitrogen and oxygen atoms in total. The fraction of sp³-hybridized carbons (Fsp3) is 0.273. The smallest absolute Gasteiger partial charge is 0.245 e. The number of nitrogens with zero attached hydrogens (tertiary/aromatic N) is 2. The average Bonchev–Trinajstić information content (AvgIpc) is 2.89. The minimum atomic E-state index is -0.592. The van der Waals surface area contributed by atoms with Gasteiger partial charge in [0.2, 0.25) is 5.88 Å². The second kappa shape index (κ2) is 6.86. The van der Waals surface area contributed by atoms with E-state index < -0.39 is 6.10 Å². The molecule has 1 aromatic carbocycles. The van der Waals surface area contributed by atoms with Gasteiger partial charge in [-0.15, -0.1) is 4.37 Å². The van der Waals surface area contributed by atoms with Gasteiger partial charge in [0, 0.05) is 15.8 Å². The molecule has 2 aromatic rings. The predicted molar refractivity (Wildman–Crippen MR) is 79.1 cm³/mol. The topological polar surface area (TPSA) is 67.3 Å². The normalized spacial score (nSPS) is 12.1. The zero-order chi connectivity index (χ0) is 12.8. The Labute approximate surface area is 123 Å². The van der Waals surface area contributed by atoms with E-state index >= 15 is 0 Å². The second-order valence-corrected chi connectivity index (χ2v) is 5.40. The molecule has 0 spiro atoms. The highest BCUT2D eigenvalue weighted by Gasteiger charge is 2.06. The predicted octanol–water partition coefficient (Wildman–Crippen LogP) is 1.99. The van der Waals surface area contributed by atoms with Crippen molar-refractivity contribution in [1.82, 2.24) is 8.75 Å². The summed E-state index contributed by atoms with van der Waals surface area (Å²) in [4.78, 5) is 0. The SMILES string of the molecule is OC(CNc1ccc(I)cc1)COc1cnsn1. The molecule has 0 fully saturated rings. The summed E-state index contributed by atoms with van der Waals surface area (Å²) in [5, 5.41) is 12.9. The maximum Gasteiger partial charge on any atom is 0.245 e. The van der Waals surface area contributed by atoms with Gasteiger partial charge in [0.05, 0.1) is 11.7 Å². The molecule has 0 bridgehead atoms. The van der Waals surface area contributed by atoms with Gasteiger partial charge in [-0.2, -0.15) is 4.37 Å². The number of aliphatic hydroxyl groups excluding tert-OH is 1. The van der Waals surface area contributed by atoms with Crippen molar-refractivity contribution >= 4 is 40.0 Å². The molecule has 96 valence electrons. The van der Waals surface area contributed by atoms with Crippen LogP contribution in [-0.2, 0) is 0 Å². The molecule has 0 aliphatic carbocycles. The lowest BCUT2D eigenvalue weighted by Crippen LogP contribution is -2.26. The van der Waals surface area contributed by atoms with Gasteiger partial charge in [-0.05, 0) is 46.9 Å². The van der Waals surface area contributed by atoms with Gasteiger partial charge in [-0.1, -0.05) is 0 Å². The number of halogens is 1. The van der Waals surface area contributed by atoms with E-state index in [1.165, 1.54) is 9.77 Å². The van der Waals surface area contributed by atoms with Crippen LogP contribution in [0.25, 0.3) is 0 Å². The van der Waals surface area contributed by atoms with Gasteiger partial charge >= 0.3 is 0 Å². The molecule has 0 aliphatic rings. The zero-order valence-corrected chi connectivity index (χ0v) is 12.4. The molecule has 0 amide bonds. The highest BCUT2D eigenvalue weighted by Crippen LogP contribution is 2.11. The molecule has 0 saturated heterocycles. The van der Waals surface area contributed by atoms with Gasteiger partial charge in [0.1, 0.15) is 18.9 Å². The van der Waals surface area contributed by atoms with Crippen molar-refractivity contribution in [3.05, 3.63) is 34.0 Å². The quantitative estimate of drug-likeness (QED) is 0.754. The number of anilines is 1. The van der Waals surface area contributed by atoms with Crippen molar-refractivity contribution in [2.75, 3.05) is 18.5 Å². The molecule has 2 rings (SSSR count). The van der Waals surface area contributed by atoms with Crippen LogP contribution in [0.1, 0.15) is 0 Å². The summed E-state index contributed by atoms with van der Waals surface area (Å²) in [5.74, 6) is 0.452. The molecule has 0 aliphatic heterocycles. The summed E-state index contributed by atoms with van der Waals surface area (Å²) >= 11 is 3.33. The van der Waals surface area contributed by atoms with Crippen LogP contribution in [0, 0.1) is 3.57 Å². The van der Waals surface area contributed by atoms with Crippen molar-refractivity contribution in [2.24, 2.45) is 0 Å². The monoisotopic (exact) mass is 377 g/mol. The largest absolute Gasteiger partial charge is 0.473 e. The molecule has 1 atom stereocenters. The lowest BCUT2D eigenvalue weighted by Gasteiger charge is -2.12. The highest BCUT2D eigenvalue weighted by molar-refractivity contribution is 14.1. The Kier molecular flexibility index (Phi) is 5.14. The molecule has 1 heterocycles. The first-order chi connectivity index (χ1) is 8.74. The first-order valence-electron chi connectivity index (χ1n) is 5.32. The average molecular weight is 377 g/mol. The number of hydrogen-bond donors (Lipinski definition) is 2. The Bertz CT molecular complexity index is 464. The Morgan fingerprint density at radius 1 is 1.39 bits per heavy atom. The standard InChI is InChI=1S/C11H12IN3O2S/c12-8-1-3-9(4-2-8)13-5-10(16)7-17-11-6-14-18-15-11/h1-4,6,10,13,16H,5,7H2. The third-order valence-electron chi connectivity index (χ3n) is 2.15. The summed E-state index contributed by atoms with van der Waals surface area (Å²) in [6.45, 7) is 0.626. The lowest BCUT2D eigenvalue weighted by atomic mass is 10.3. The summed E-state index contributed by atoms with van der Waals surface area (Å²) in [5.41, 5.74) is 0.977. The van der Waals surface area contributed by atoms with E-state index in [0.29, 0.717) is 12.4 Å². The number of rotatable bonds is 6. The van der Waals surface area contributed by atoms with Crippen LogP contribution >= 0.6 is 34.3 Å². The Morgan fingerprint density at radius 3 is 2.83 bits per heavy atom. The van der Waals surface area contributed by atoms with Crippen molar-refractivity contribution in [3.63, 3.8) is 0 Å². The molecule has 0 saturated carbocycles. The number of hydrogen-bond acceptors (Lipinski definition) is 6. The van der Waals surface area contributed by atoms with Crippen LogP contribution in [0.4, 0.5) is 5.69 Å². The lowest BCUT2D eigenvalue weighted by molar-refractivity contribution is 0.115. The summed E-state index contributed by atoms with van der Waals surface area (Å²) < 4.78 is 14.1. The molecule has 1 aromatic heterocycles. The molecular weight excluding hydrogens is 365 g/mol. The third kappa shape index (κ3) is 4.39. The van der Waals surface area contributed by atoms with Crippen molar-refractivity contribution in [1.29, 1.82) is 0 Å². The first kappa shape index (κ1) is 13.5. The minimum absolute atomic E-state index is 0.197. The first-order valence-corrected chi connectivity index (χ1v) is 7.13. The Hall–Kier alpha value is -0.930. The maximum absolute atomic E-state index is 9.73. The van der Waals surface area contributed by atoms with Gasteiger partial charge in [-0.3, -0.25) is 0 Å². The van der Waals surface area contributed by atoms with E-state index in [2.05, 4.69) is 36.7 Å².